The molecule has 134 valence electrons. The molecule has 1 heterocycles. The van der Waals surface area contributed by atoms with E-state index in [1.165, 1.54) is 11.1 Å². The number of aromatic nitrogens is 1. The highest BCUT2D eigenvalue weighted by molar-refractivity contribution is 5.90. The summed E-state index contributed by atoms with van der Waals surface area (Å²) < 4.78 is 5.94. The van der Waals surface area contributed by atoms with E-state index in [-0.39, 0.29) is 0 Å². The fraction of sp³-hybridized carbons (Fsp3) is 0.125. The average molecular weight is 354 g/mol. The summed E-state index contributed by atoms with van der Waals surface area (Å²) >= 11 is 0. The predicted molar refractivity (Wildman–Crippen MR) is 111 cm³/mol. The lowest BCUT2D eigenvalue weighted by molar-refractivity contribution is 0.321. The average Bonchev–Trinajstić information content (AvgIpc) is 2.73. The van der Waals surface area contributed by atoms with E-state index >= 15 is 0 Å². The second kappa shape index (κ2) is 8.37. The van der Waals surface area contributed by atoms with Gasteiger partial charge < -0.3 is 10.1 Å². The standard InChI is InChI=1S/C24H22N2O/c1-2-7-19(8-3-1)14-16-27-21-10-6-9-20(17-21)18-26-24-13-15-25-23-12-5-4-11-22(23)24/h1-13,15,17H,14,16,18H2,(H,25,26). The minimum atomic E-state index is 0.676. The Kier molecular flexibility index (Phi) is 5.30. The molecule has 0 aliphatic carbocycles. The van der Waals surface area contributed by atoms with Crippen molar-refractivity contribution in [2.75, 3.05) is 11.9 Å². The Balaban J connectivity index is 1.37. The molecule has 0 bridgehead atoms. The fourth-order valence-corrected chi connectivity index (χ4v) is 3.12. The maximum absolute atomic E-state index is 5.94. The van der Waals surface area contributed by atoms with Gasteiger partial charge in [0.25, 0.3) is 0 Å². The van der Waals surface area contributed by atoms with Crippen LogP contribution in [0.1, 0.15) is 11.1 Å². The van der Waals surface area contributed by atoms with Gasteiger partial charge in [0, 0.05) is 30.2 Å². The van der Waals surface area contributed by atoms with E-state index in [2.05, 4.69) is 52.8 Å². The van der Waals surface area contributed by atoms with Crippen molar-refractivity contribution in [3.8, 4) is 5.75 Å². The Morgan fingerprint density at radius 1 is 0.778 bits per heavy atom. The van der Waals surface area contributed by atoms with Crippen molar-refractivity contribution in [3.63, 3.8) is 0 Å². The van der Waals surface area contributed by atoms with Gasteiger partial charge in [-0.1, -0.05) is 60.7 Å². The number of hydrogen-bond acceptors (Lipinski definition) is 3. The van der Waals surface area contributed by atoms with E-state index in [0.29, 0.717) is 6.61 Å². The van der Waals surface area contributed by atoms with Gasteiger partial charge in [-0.05, 0) is 35.4 Å². The summed E-state index contributed by atoms with van der Waals surface area (Å²) in [5, 5.41) is 4.65. The van der Waals surface area contributed by atoms with E-state index in [9.17, 15) is 0 Å². The molecule has 0 aliphatic heterocycles. The van der Waals surface area contributed by atoms with Crippen LogP contribution in [-0.2, 0) is 13.0 Å². The smallest absolute Gasteiger partial charge is 0.119 e. The van der Waals surface area contributed by atoms with Crippen LogP contribution in [0.25, 0.3) is 10.9 Å². The molecule has 0 fully saturated rings. The van der Waals surface area contributed by atoms with Crippen LogP contribution in [0, 0.1) is 0 Å². The highest BCUT2D eigenvalue weighted by atomic mass is 16.5. The Morgan fingerprint density at radius 2 is 1.59 bits per heavy atom. The summed E-state index contributed by atoms with van der Waals surface area (Å²) in [5.41, 5.74) is 4.57. The second-order valence-corrected chi connectivity index (χ2v) is 6.46. The lowest BCUT2D eigenvalue weighted by Gasteiger charge is -2.11. The highest BCUT2D eigenvalue weighted by Crippen LogP contribution is 2.22. The van der Waals surface area contributed by atoms with E-state index in [1.54, 1.807) is 0 Å². The lowest BCUT2D eigenvalue weighted by atomic mass is 10.1. The van der Waals surface area contributed by atoms with Crippen LogP contribution in [0.5, 0.6) is 5.75 Å². The van der Waals surface area contributed by atoms with Crippen LogP contribution in [-0.4, -0.2) is 11.6 Å². The molecule has 3 heteroatoms. The summed E-state index contributed by atoms with van der Waals surface area (Å²) in [6, 6.07) is 28.9. The van der Waals surface area contributed by atoms with E-state index in [0.717, 1.165) is 35.3 Å². The van der Waals surface area contributed by atoms with Crippen LogP contribution in [0.4, 0.5) is 5.69 Å². The molecule has 0 saturated heterocycles. The first-order valence-electron chi connectivity index (χ1n) is 9.22. The number of rotatable bonds is 7. The quantitative estimate of drug-likeness (QED) is 0.478. The highest BCUT2D eigenvalue weighted by Gasteiger charge is 2.02. The molecule has 1 aromatic heterocycles. The molecule has 0 spiro atoms. The normalized spacial score (nSPS) is 10.7. The molecule has 0 saturated carbocycles. The van der Waals surface area contributed by atoms with Crippen molar-refractivity contribution in [2.45, 2.75) is 13.0 Å². The molecule has 3 nitrogen and oxygen atoms in total. The SMILES string of the molecule is c1ccc(CCOc2cccc(CNc3ccnc4ccccc34)c2)cc1. The maximum atomic E-state index is 5.94. The molecular weight excluding hydrogens is 332 g/mol. The third kappa shape index (κ3) is 4.45. The number of anilines is 1. The molecule has 4 aromatic rings. The summed E-state index contributed by atoms with van der Waals surface area (Å²) in [6.07, 6.45) is 2.75. The summed E-state index contributed by atoms with van der Waals surface area (Å²) in [6.45, 7) is 1.42. The van der Waals surface area contributed by atoms with E-state index in [1.807, 2.05) is 48.7 Å². The molecule has 0 radical (unpaired) electrons. The second-order valence-electron chi connectivity index (χ2n) is 6.46. The largest absolute Gasteiger partial charge is 0.493 e. The van der Waals surface area contributed by atoms with Gasteiger partial charge in [0.15, 0.2) is 0 Å². The van der Waals surface area contributed by atoms with Crippen LogP contribution < -0.4 is 10.1 Å². The molecule has 0 aliphatic rings. The van der Waals surface area contributed by atoms with Crippen molar-refractivity contribution in [1.82, 2.24) is 4.98 Å². The van der Waals surface area contributed by atoms with Crippen LogP contribution in [0.3, 0.4) is 0 Å². The molecule has 0 atom stereocenters. The van der Waals surface area contributed by atoms with Gasteiger partial charge in [-0.3, -0.25) is 4.98 Å². The number of para-hydroxylation sites is 1. The van der Waals surface area contributed by atoms with Gasteiger partial charge in [0.1, 0.15) is 5.75 Å². The Bertz CT molecular complexity index is 1010. The first-order valence-corrected chi connectivity index (χ1v) is 9.22. The number of benzene rings is 3. The van der Waals surface area contributed by atoms with Crippen LogP contribution in [0.2, 0.25) is 0 Å². The molecule has 0 unspecified atom stereocenters. The molecule has 27 heavy (non-hydrogen) atoms. The number of ether oxygens (including phenoxy) is 1. The number of pyridine rings is 1. The summed E-state index contributed by atoms with van der Waals surface area (Å²) in [5.74, 6) is 0.907. The van der Waals surface area contributed by atoms with Gasteiger partial charge in [0.2, 0.25) is 0 Å². The first-order chi connectivity index (χ1) is 13.4. The van der Waals surface area contributed by atoms with Crippen molar-refractivity contribution in [3.05, 3.63) is 102 Å². The Hall–Kier alpha value is -3.33. The first kappa shape index (κ1) is 17.1. The zero-order valence-corrected chi connectivity index (χ0v) is 15.1. The minimum Gasteiger partial charge on any atom is -0.493 e. The fourth-order valence-electron chi connectivity index (χ4n) is 3.12. The molecule has 3 aromatic carbocycles. The van der Waals surface area contributed by atoms with E-state index in [4.69, 9.17) is 4.74 Å². The molecular formula is C24H22N2O. The Labute approximate surface area is 159 Å². The van der Waals surface area contributed by atoms with Gasteiger partial charge in [0.05, 0.1) is 12.1 Å². The van der Waals surface area contributed by atoms with Gasteiger partial charge in [-0.15, -0.1) is 0 Å². The lowest BCUT2D eigenvalue weighted by Crippen LogP contribution is -2.03. The molecule has 4 rings (SSSR count). The summed E-state index contributed by atoms with van der Waals surface area (Å²) in [7, 11) is 0. The number of nitrogens with zero attached hydrogens (tertiary/aromatic N) is 1. The topological polar surface area (TPSA) is 34.1 Å². The van der Waals surface area contributed by atoms with E-state index < -0.39 is 0 Å². The van der Waals surface area contributed by atoms with Crippen LogP contribution in [0.15, 0.2) is 91.1 Å². The number of fused-ring (bicyclic) bond motifs is 1. The zero-order valence-electron chi connectivity index (χ0n) is 15.1. The van der Waals surface area contributed by atoms with Crippen molar-refractivity contribution >= 4 is 16.6 Å². The number of hydrogen-bond donors (Lipinski definition) is 1. The van der Waals surface area contributed by atoms with Crippen molar-refractivity contribution in [1.29, 1.82) is 0 Å². The van der Waals surface area contributed by atoms with Gasteiger partial charge in [-0.2, -0.15) is 0 Å². The van der Waals surface area contributed by atoms with Crippen molar-refractivity contribution in [2.24, 2.45) is 0 Å². The zero-order chi connectivity index (χ0) is 18.3. The van der Waals surface area contributed by atoms with Gasteiger partial charge >= 0.3 is 0 Å². The van der Waals surface area contributed by atoms with Crippen LogP contribution >= 0.6 is 0 Å². The van der Waals surface area contributed by atoms with Crippen molar-refractivity contribution < 1.29 is 4.74 Å². The maximum Gasteiger partial charge on any atom is 0.119 e. The van der Waals surface area contributed by atoms with Gasteiger partial charge in [-0.25, -0.2) is 0 Å². The molecule has 1 N–H and O–H groups in total. The Morgan fingerprint density at radius 3 is 2.52 bits per heavy atom. The number of nitrogens with one attached hydrogen (secondary N) is 1. The minimum absolute atomic E-state index is 0.676. The third-order valence-electron chi connectivity index (χ3n) is 4.53. The predicted octanol–water partition coefficient (Wildman–Crippen LogP) is 5.47. The molecule has 0 amide bonds. The summed E-state index contributed by atoms with van der Waals surface area (Å²) in [4.78, 5) is 4.41. The monoisotopic (exact) mass is 354 g/mol. The third-order valence-corrected chi connectivity index (χ3v) is 4.53.